The average Bonchev–Trinajstić information content (AvgIpc) is 2.52. The molecule has 23 heavy (non-hydrogen) atoms. The van der Waals surface area contributed by atoms with Crippen LogP contribution in [0.1, 0.15) is 35.2 Å². The minimum absolute atomic E-state index is 0.202. The van der Waals surface area contributed by atoms with E-state index in [1.54, 1.807) is 0 Å². The number of aryl methyl sites for hydroxylation is 2. The average molecular weight is 376 g/mol. The molecule has 0 radical (unpaired) electrons. The first-order valence-corrected chi connectivity index (χ1v) is 8.95. The molecule has 2 atom stereocenters. The largest absolute Gasteiger partial charge is 0.396 e. The Morgan fingerprint density at radius 2 is 1.83 bits per heavy atom. The van der Waals surface area contributed by atoms with E-state index < -0.39 is 0 Å². The predicted octanol–water partition coefficient (Wildman–Crippen LogP) is 4.57. The van der Waals surface area contributed by atoms with Gasteiger partial charge in [-0.05, 0) is 67.5 Å². The highest BCUT2D eigenvalue weighted by molar-refractivity contribution is 9.10. The van der Waals surface area contributed by atoms with Gasteiger partial charge in [0, 0.05) is 23.7 Å². The van der Waals surface area contributed by atoms with Gasteiger partial charge in [0.05, 0.1) is 0 Å². The predicted molar refractivity (Wildman–Crippen MR) is 101 cm³/mol. The summed E-state index contributed by atoms with van der Waals surface area (Å²) in [7, 11) is 0. The van der Waals surface area contributed by atoms with Crippen LogP contribution in [0.5, 0.6) is 0 Å². The van der Waals surface area contributed by atoms with E-state index >= 15 is 0 Å². The molecule has 0 saturated heterocycles. The molecule has 0 spiro atoms. The smallest absolute Gasteiger partial charge is 0.0474 e. The zero-order valence-electron chi connectivity index (χ0n) is 14.1. The fraction of sp³-hybridized carbons (Fsp3) is 0.400. The van der Waals surface area contributed by atoms with Gasteiger partial charge in [-0.3, -0.25) is 0 Å². The van der Waals surface area contributed by atoms with Gasteiger partial charge >= 0.3 is 0 Å². The Morgan fingerprint density at radius 3 is 2.48 bits per heavy atom. The van der Waals surface area contributed by atoms with Crippen molar-refractivity contribution in [1.82, 2.24) is 5.32 Å². The molecule has 124 valence electrons. The summed E-state index contributed by atoms with van der Waals surface area (Å²) in [6.07, 6.45) is 0.905. The van der Waals surface area contributed by atoms with Crippen LogP contribution in [-0.4, -0.2) is 18.3 Å². The zero-order chi connectivity index (χ0) is 16.8. The lowest BCUT2D eigenvalue weighted by molar-refractivity contribution is 0.218. The molecule has 2 nitrogen and oxygen atoms in total. The SMILES string of the molecule is Cc1ccccc1CC(CO)CNC(C)c1ccc(Br)cc1C. The van der Waals surface area contributed by atoms with Crippen molar-refractivity contribution in [2.45, 2.75) is 33.2 Å². The maximum absolute atomic E-state index is 9.71. The topological polar surface area (TPSA) is 32.3 Å². The molecule has 3 heteroatoms. The normalized spacial score (nSPS) is 13.8. The molecule has 0 aliphatic heterocycles. The Labute approximate surface area is 148 Å². The van der Waals surface area contributed by atoms with Crippen molar-refractivity contribution in [2.75, 3.05) is 13.2 Å². The Bertz CT molecular complexity index is 641. The lowest BCUT2D eigenvalue weighted by atomic mass is 9.96. The van der Waals surface area contributed by atoms with E-state index in [4.69, 9.17) is 0 Å². The van der Waals surface area contributed by atoms with Gasteiger partial charge in [0.1, 0.15) is 0 Å². The molecule has 2 aromatic rings. The number of halogens is 1. The third kappa shape index (κ3) is 5.17. The maximum atomic E-state index is 9.71. The Morgan fingerprint density at radius 1 is 1.09 bits per heavy atom. The van der Waals surface area contributed by atoms with Crippen LogP contribution in [0, 0.1) is 19.8 Å². The summed E-state index contributed by atoms with van der Waals surface area (Å²) in [5, 5.41) is 13.3. The first-order valence-electron chi connectivity index (χ1n) is 8.16. The number of aliphatic hydroxyl groups is 1. The molecule has 0 bridgehead atoms. The van der Waals surface area contributed by atoms with Crippen molar-refractivity contribution in [3.05, 3.63) is 69.2 Å². The monoisotopic (exact) mass is 375 g/mol. The molecule has 2 aromatic carbocycles. The van der Waals surface area contributed by atoms with Crippen LogP contribution in [0.15, 0.2) is 46.9 Å². The van der Waals surface area contributed by atoms with Crippen molar-refractivity contribution < 1.29 is 5.11 Å². The second kappa shape index (κ2) is 8.62. The van der Waals surface area contributed by atoms with Gasteiger partial charge in [-0.25, -0.2) is 0 Å². The van der Waals surface area contributed by atoms with Crippen LogP contribution in [0.4, 0.5) is 0 Å². The number of aliphatic hydroxyl groups excluding tert-OH is 1. The molecule has 2 rings (SSSR count). The second-order valence-electron chi connectivity index (χ2n) is 6.31. The molecule has 2 unspecified atom stereocenters. The van der Waals surface area contributed by atoms with E-state index in [2.05, 4.69) is 84.5 Å². The van der Waals surface area contributed by atoms with E-state index in [0.29, 0.717) is 0 Å². The molecule has 0 fully saturated rings. The van der Waals surface area contributed by atoms with Gasteiger partial charge in [0.15, 0.2) is 0 Å². The Hall–Kier alpha value is -1.16. The molecule has 2 N–H and O–H groups in total. The standard InChI is InChI=1S/C20H26BrNO/c1-14-6-4-5-7-18(14)11-17(13-23)12-22-16(3)20-9-8-19(21)10-15(20)2/h4-10,16-17,22-23H,11-13H2,1-3H3. The minimum atomic E-state index is 0.202. The van der Waals surface area contributed by atoms with E-state index in [1.165, 1.54) is 22.3 Å². The summed E-state index contributed by atoms with van der Waals surface area (Å²) in [5.74, 6) is 0.231. The molecule has 0 aliphatic carbocycles. The van der Waals surface area contributed by atoms with Crippen molar-refractivity contribution >= 4 is 15.9 Å². The number of benzene rings is 2. The van der Waals surface area contributed by atoms with E-state index in [9.17, 15) is 5.11 Å². The first-order chi connectivity index (χ1) is 11.0. The van der Waals surface area contributed by atoms with Crippen molar-refractivity contribution in [3.63, 3.8) is 0 Å². The number of hydrogen-bond acceptors (Lipinski definition) is 2. The molecule has 0 amide bonds. The summed E-state index contributed by atoms with van der Waals surface area (Å²) in [6, 6.07) is 15.1. The highest BCUT2D eigenvalue weighted by Crippen LogP contribution is 2.22. The van der Waals surface area contributed by atoms with Crippen LogP contribution in [0.25, 0.3) is 0 Å². The molecule has 0 heterocycles. The van der Waals surface area contributed by atoms with Crippen molar-refractivity contribution in [2.24, 2.45) is 5.92 Å². The Balaban J connectivity index is 1.96. The van der Waals surface area contributed by atoms with E-state index in [0.717, 1.165) is 17.4 Å². The summed E-state index contributed by atoms with van der Waals surface area (Å²) in [5.41, 5.74) is 5.20. The molecule has 0 aromatic heterocycles. The lowest BCUT2D eigenvalue weighted by Gasteiger charge is -2.21. The third-order valence-electron chi connectivity index (χ3n) is 4.44. The highest BCUT2D eigenvalue weighted by Gasteiger charge is 2.13. The Kier molecular flexibility index (Phi) is 6.82. The van der Waals surface area contributed by atoms with Gasteiger partial charge in [-0.2, -0.15) is 0 Å². The molecular formula is C20H26BrNO. The van der Waals surface area contributed by atoms with Crippen LogP contribution in [0.2, 0.25) is 0 Å². The molecular weight excluding hydrogens is 350 g/mol. The third-order valence-corrected chi connectivity index (χ3v) is 4.93. The maximum Gasteiger partial charge on any atom is 0.0474 e. The van der Waals surface area contributed by atoms with Gasteiger partial charge in [-0.1, -0.05) is 46.3 Å². The number of hydrogen-bond donors (Lipinski definition) is 2. The number of nitrogens with one attached hydrogen (secondary N) is 1. The van der Waals surface area contributed by atoms with Crippen molar-refractivity contribution in [1.29, 1.82) is 0 Å². The van der Waals surface area contributed by atoms with Crippen LogP contribution < -0.4 is 5.32 Å². The summed E-state index contributed by atoms with van der Waals surface area (Å²) >= 11 is 3.51. The van der Waals surface area contributed by atoms with Gasteiger partial charge in [-0.15, -0.1) is 0 Å². The van der Waals surface area contributed by atoms with Gasteiger partial charge in [0.2, 0.25) is 0 Å². The van der Waals surface area contributed by atoms with E-state index in [-0.39, 0.29) is 18.6 Å². The highest BCUT2D eigenvalue weighted by atomic mass is 79.9. The van der Waals surface area contributed by atoms with Crippen LogP contribution in [0.3, 0.4) is 0 Å². The zero-order valence-corrected chi connectivity index (χ0v) is 15.7. The molecule has 0 saturated carbocycles. The summed E-state index contributed by atoms with van der Waals surface area (Å²) in [4.78, 5) is 0. The van der Waals surface area contributed by atoms with Gasteiger partial charge in [0.25, 0.3) is 0 Å². The van der Waals surface area contributed by atoms with Crippen LogP contribution >= 0.6 is 15.9 Å². The van der Waals surface area contributed by atoms with Crippen LogP contribution in [-0.2, 0) is 6.42 Å². The fourth-order valence-electron chi connectivity index (χ4n) is 2.93. The molecule has 0 aliphatic rings. The fourth-order valence-corrected chi connectivity index (χ4v) is 3.41. The minimum Gasteiger partial charge on any atom is -0.396 e. The summed E-state index contributed by atoms with van der Waals surface area (Å²) in [6.45, 7) is 7.45. The summed E-state index contributed by atoms with van der Waals surface area (Å²) < 4.78 is 1.11. The quantitative estimate of drug-likeness (QED) is 0.742. The lowest BCUT2D eigenvalue weighted by Crippen LogP contribution is -2.29. The van der Waals surface area contributed by atoms with Crippen molar-refractivity contribution in [3.8, 4) is 0 Å². The van der Waals surface area contributed by atoms with E-state index in [1.807, 2.05) is 0 Å². The first kappa shape index (κ1) is 18.2. The second-order valence-corrected chi connectivity index (χ2v) is 7.23. The van der Waals surface area contributed by atoms with Gasteiger partial charge < -0.3 is 10.4 Å². The number of rotatable bonds is 7.